The number of carbonyl (C=O) groups excluding carboxylic acids is 1. The summed E-state index contributed by atoms with van der Waals surface area (Å²) in [5, 5.41) is 2.97. The first-order valence-corrected chi connectivity index (χ1v) is 5.75. The lowest BCUT2D eigenvalue weighted by Gasteiger charge is -2.38. The average molecular weight is 236 g/mol. The molecule has 1 N–H and O–H groups in total. The molecule has 6 heteroatoms. The third-order valence-electron chi connectivity index (χ3n) is 3.07. The minimum absolute atomic E-state index is 0.0178. The van der Waals surface area contributed by atoms with E-state index in [1.54, 1.807) is 0 Å². The van der Waals surface area contributed by atoms with Crippen LogP contribution < -0.4 is 10.2 Å². The van der Waals surface area contributed by atoms with E-state index in [-0.39, 0.29) is 11.8 Å². The van der Waals surface area contributed by atoms with Gasteiger partial charge < -0.3 is 10.2 Å². The minimum atomic E-state index is -0.447. The van der Waals surface area contributed by atoms with E-state index < -0.39 is 5.82 Å². The van der Waals surface area contributed by atoms with E-state index >= 15 is 0 Å². The first-order valence-electron chi connectivity index (χ1n) is 5.75. The van der Waals surface area contributed by atoms with E-state index in [1.165, 1.54) is 0 Å². The Balaban J connectivity index is 1.53. The summed E-state index contributed by atoms with van der Waals surface area (Å²) in [5.74, 6) is 0.175. The number of amides is 1. The highest BCUT2D eigenvalue weighted by molar-refractivity contribution is 5.82. The van der Waals surface area contributed by atoms with Gasteiger partial charge >= 0.3 is 0 Å². The first-order chi connectivity index (χ1) is 8.22. The number of anilines is 1. The van der Waals surface area contributed by atoms with E-state index in [4.69, 9.17) is 0 Å². The van der Waals surface area contributed by atoms with Crippen LogP contribution in [0.1, 0.15) is 12.8 Å². The third-order valence-corrected chi connectivity index (χ3v) is 3.07. The zero-order chi connectivity index (χ0) is 11.8. The highest BCUT2D eigenvalue weighted by atomic mass is 19.1. The molecule has 1 saturated carbocycles. The maximum atomic E-state index is 12.6. The van der Waals surface area contributed by atoms with Gasteiger partial charge in [0, 0.05) is 19.1 Å². The molecule has 5 nitrogen and oxygen atoms in total. The molecule has 2 fully saturated rings. The third kappa shape index (κ3) is 2.20. The largest absolute Gasteiger partial charge is 0.353 e. The second-order valence-electron chi connectivity index (χ2n) is 4.59. The highest BCUT2D eigenvalue weighted by Crippen LogP contribution is 2.23. The molecule has 0 atom stereocenters. The van der Waals surface area contributed by atoms with Crippen molar-refractivity contribution in [3.63, 3.8) is 0 Å². The maximum Gasteiger partial charge on any atom is 0.226 e. The number of halogens is 1. The summed E-state index contributed by atoms with van der Waals surface area (Å²) in [6, 6.07) is 0.402. The molecule has 1 saturated heterocycles. The molecule has 0 bridgehead atoms. The van der Waals surface area contributed by atoms with Crippen molar-refractivity contribution in [3.05, 3.63) is 18.2 Å². The van der Waals surface area contributed by atoms with Crippen LogP contribution in [0.25, 0.3) is 0 Å². The second kappa shape index (κ2) is 3.94. The highest BCUT2D eigenvalue weighted by Gasteiger charge is 2.36. The van der Waals surface area contributed by atoms with E-state index in [2.05, 4.69) is 15.3 Å². The number of carbonyl (C=O) groups is 1. The van der Waals surface area contributed by atoms with Gasteiger partial charge in [-0.3, -0.25) is 4.79 Å². The lowest BCUT2D eigenvalue weighted by Crippen LogP contribution is -2.54. The average Bonchev–Trinajstić information content (AvgIpc) is 3.02. The Labute approximate surface area is 98.1 Å². The molecule has 0 aromatic carbocycles. The molecule has 3 rings (SSSR count). The zero-order valence-electron chi connectivity index (χ0n) is 9.27. The normalized spacial score (nSPS) is 19.9. The van der Waals surface area contributed by atoms with Crippen LogP contribution in [0.2, 0.25) is 0 Å². The first kappa shape index (κ1) is 10.4. The molecule has 90 valence electrons. The van der Waals surface area contributed by atoms with Gasteiger partial charge in [0.15, 0.2) is 5.82 Å². The number of aromatic nitrogens is 2. The summed E-state index contributed by atoms with van der Waals surface area (Å²) in [7, 11) is 0. The van der Waals surface area contributed by atoms with E-state index in [0.717, 1.165) is 25.2 Å². The fraction of sp³-hybridized carbons (Fsp3) is 0.545. The van der Waals surface area contributed by atoms with Gasteiger partial charge in [-0.05, 0) is 12.8 Å². The fourth-order valence-corrected chi connectivity index (χ4v) is 1.82. The summed E-state index contributed by atoms with van der Waals surface area (Å²) < 4.78 is 12.6. The van der Waals surface area contributed by atoms with Crippen molar-refractivity contribution in [2.75, 3.05) is 18.0 Å². The summed E-state index contributed by atoms with van der Waals surface area (Å²) >= 11 is 0. The van der Waals surface area contributed by atoms with Crippen LogP contribution >= 0.6 is 0 Å². The van der Waals surface area contributed by atoms with Crippen LogP contribution in [0, 0.1) is 11.7 Å². The van der Waals surface area contributed by atoms with Crippen molar-refractivity contribution in [2.24, 2.45) is 5.92 Å². The molecule has 0 radical (unpaired) electrons. The van der Waals surface area contributed by atoms with Crippen molar-refractivity contribution >= 4 is 11.9 Å². The van der Waals surface area contributed by atoms with Crippen molar-refractivity contribution < 1.29 is 9.18 Å². The van der Waals surface area contributed by atoms with Gasteiger partial charge in [0.1, 0.15) is 0 Å². The Bertz CT molecular complexity index is 426. The molecular formula is C11H13FN4O. The summed E-state index contributed by atoms with van der Waals surface area (Å²) in [6.07, 6.45) is 4.48. The molecule has 1 aromatic heterocycles. The predicted molar refractivity (Wildman–Crippen MR) is 58.9 cm³/mol. The van der Waals surface area contributed by atoms with Gasteiger partial charge in [0.2, 0.25) is 11.9 Å². The van der Waals surface area contributed by atoms with Crippen LogP contribution in [-0.4, -0.2) is 35.0 Å². The van der Waals surface area contributed by atoms with Crippen LogP contribution in [-0.2, 0) is 4.79 Å². The lowest BCUT2D eigenvalue weighted by atomic mass is 10.00. The van der Waals surface area contributed by atoms with Crippen molar-refractivity contribution in [2.45, 2.75) is 18.9 Å². The zero-order valence-corrected chi connectivity index (χ0v) is 9.27. The van der Waals surface area contributed by atoms with Gasteiger partial charge in [-0.2, -0.15) is 0 Å². The van der Waals surface area contributed by atoms with Gasteiger partial charge in [-0.1, -0.05) is 0 Å². The van der Waals surface area contributed by atoms with E-state index in [9.17, 15) is 9.18 Å². The van der Waals surface area contributed by atoms with Crippen molar-refractivity contribution in [3.8, 4) is 0 Å². The van der Waals surface area contributed by atoms with Gasteiger partial charge in [0.05, 0.1) is 18.3 Å². The summed E-state index contributed by atoms with van der Waals surface area (Å²) in [4.78, 5) is 21.3. The summed E-state index contributed by atoms with van der Waals surface area (Å²) in [5.41, 5.74) is 0. The van der Waals surface area contributed by atoms with Crippen LogP contribution in [0.15, 0.2) is 12.4 Å². The molecule has 2 aliphatic rings. The van der Waals surface area contributed by atoms with Crippen LogP contribution in [0.4, 0.5) is 10.3 Å². The lowest BCUT2D eigenvalue weighted by molar-refractivity contribution is -0.125. The Morgan fingerprint density at radius 3 is 2.59 bits per heavy atom. The Hall–Kier alpha value is -1.72. The van der Waals surface area contributed by atoms with Gasteiger partial charge in [-0.25, -0.2) is 14.4 Å². The quantitative estimate of drug-likeness (QED) is 0.821. The second-order valence-corrected chi connectivity index (χ2v) is 4.59. The topological polar surface area (TPSA) is 58.1 Å². The number of hydrogen-bond acceptors (Lipinski definition) is 4. The maximum absolute atomic E-state index is 12.6. The monoisotopic (exact) mass is 236 g/mol. The van der Waals surface area contributed by atoms with Crippen LogP contribution in [0.3, 0.4) is 0 Å². The molecule has 17 heavy (non-hydrogen) atoms. The summed E-state index contributed by atoms with van der Waals surface area (Å²) in [6.45, 7) is 1.23. The predicted octanol–water partition coefficient (Wildman–Crippen LogP) is 0.330. The molecular weight excluding hydrogens is 223 g/mol. The molecule has 1 aromatic rings. The molecule has 1 aliphatic carbocycles. The number of nitrogens with zero attached hydrogens (tertiary/aromatic N) is 3. The van der Waals surface area contributed by atoms with Gasteiger partial charge in [-0.15, -0.1) is 0 Å². The van der Waals surface area contributed by atoms with Crippen LogP contribution in [0.5, 0.6) is 0 Å². The standard InChI is InChI=1S/C11H13FN4O/c12-8-3-13-11(14-4-8)16-5-7(6-16)10(17)15-9-1-2-9/h3-4,7,9H,1-2,5-6H2,(H,15,17). The Morgan fingerprint density at radius 2 is 2.00 bits per heavy atom. The number of hydrogen-bond donors (Lipinski definition) is 1. The van der Waals surface area contributed by atoms with Crippen molar-refractivity contribution in [1.82, 2.24) is 15.3 Å². The molecule has 1 aliphatic heterocycles. The smallest absolute Gasteiger partial charge is 0.226 e. The number of nitrogens with one attached hydrogen (secondary N) is 1. The fourth-order valence-electron chi connectivity index (χ4n) is 1.82. The molecule has 1 amide bonds. The Morgan fingerprint density at radius 1 is 1.35 bits per heavy atom. The Kier molecular flexibility index (Phi) is 2.42. The molecule has 0 unspecified atom stereocenters. The molecule has 0 spiro atoms. The van der Waals surface area contributed by atoms with E-state index in [0.29, 0.717) is 25.1 Å². The minimum Gasteiger partial charge on any atom is -0.353 e. The van der Waals surface area contributed by atoms with Crippen molar-refractivity contribution in [1.29, 1.82) is 0 Å². The SMILES string of the molecule is O=C(NC1CC1)C1CN(c2ncc(F)cn2)C1. The van der Waals surface area contributed by atoms with Gasteiger partial charge in [0.25, 0.3) is 0 Å². The molecule has 2 heterocycles. The van der Waals surface area contributed by atoms with E-state index in [1.807, 2.05) is 4.90 Å². The number of rotatable bonds is 3.